The van der Waals surface area contributed by atoms with Crippen molar-refractivity contribution < 1.29 is 13.5 Å². The summed E-state index contributed by atoms with van der Waals surface area (Å²) in [4.78, 5) is 18.8. The number of rotatable bonds is 5. The number of fused-ring (bicyclic) bond motifs is 4. The number of piperidine rings is 1. The second-order valence-corrected chi connectivity index (χ2v) is 12.5. The molecular formula is C34H34F2N6O. The van der Waals surface area contributed by atoms with Gasteiger partial charge >= 0.3 is 6.01 Å². The van der Waals surface area contributed by atoms with Gasteiger partial charge in [0.1, 0.15) is 29.8 Å². The zero-order chi connectivity index (χ0) is 29.1. The molecule has 2 aromatic carbocycles. The number of ether oxygens (including phenoxy) is 1. The molecule has 220 valence electrons. The molecule has 4 fully saturated rings. The average Bonchev–Trinajstić information content (AvgIpc) is 3.74. The van der Waals surface area contributed by atoms with Crippen LogP contribution in [0.1, 0.15) is 44.1 Å². The van der Waals surface area contributed by atoms with Gasteiger partial charge in [-0.15, -0.1) is 6.42 Å². The number of pyridine rings is 1. The number of anilines is 1. The molecule has 4 aromatic rings. The summed E-state index contributed by atoms with van der Waals surface area (Å²) >= 11 is 0. The van der Waals surface area contributed by atoms with Crippen molar-refractivity contribution in [1.29, 1.82) is 0 Å². The first-order valence-electron chi connectivity index (χ1n) is 15.4. The van der Waals surface area contributed by atoms with Gasteiger partial charge in [0.25, 0.3) is 0 Å². The molecule has 4 aliphatic rings. The molecule has 0 amide bonds. The standard InChI is InChI=1S/C34H34F2N6O/c1-2-21-7-3-8-22-9-4-10-24(28(21)22)30-29(36)31-25(18-38-30)32(42-16-5-11-26-27(42)12-14-37-26)40-33(39-31)43-20-34-13-6-15-41(34)19-23(35)17-34/h1,3-4,7-10,18,23,26-27,37H,5-6,11-17,19-20H2/t23?,26?,27?,34-/m0/s1. The molecule has 0 bridgehead atoms. The molecule has 3 unspecified atom stereocenters. The normalized spacial score (nSPS) is 27.0. The number of halogens is 2. The highest BCUT2D eigenvalue weighted by molar-refractivity contribution is 6.02. The van der Waals surface area contributed by atoms with E-state index in [0.29, 0.717) is 41.3 Å². The van der Waals surface area contributed by atoms with Gasteiger partial charge in [-0.1, -0.05) is 36.3 Å². The molecular weight excluding hydrogens is 546 g/mol. The number of nitrogens with zero attached hydrogens (tertiary/aromatic N) is 5. The molecule has 0 aliphatic carbocycles. The van der Waals surface area contributed by atoms with E-state index >= 15 is 4.39 Å². The third-order valence-electron chi connectivity index (χ3n) is 10.1. The molecule has 4 aliphatic heterocycles. The van der Waals surface area contributed by atoms with Crippen LogP contribution in [0, 0.1) is 18.2 Å². The monoisotopic (exact) mass is 580 g/mol. The van der Waals surface area contributed by atoms with Crippen LogP contribution in [0.2, 0.25) is 0 Å². The van der Waals surface area contributed by atoms with Crippen molar-refractivity contribution in [3.05, 3.63) is 54.0 Å². The van der Waals surface area contributed by atoms with Gasteiger partial charge in [-0.25, -0.2) is 8.78 Å². The predicted octanol–water partition coefficient (Wildman–Crippen LogP) is 5.25. The van der Waals surface area contributed by atoms with Gasteiger partial charge in [0.05, 0.1) is 10.9 Å². The van der Waals surface area contributed by atoms with E-state index in [0.717, 1.165) is 62.5 Å². The summed E-state index contributed by atoms with van der Waals surface area (Å²) in [5, 5.41) is 5.87. The number of nitrogens with one attached hydrogen (secondary N) is 1. The van der Waals surface area contributed by atoms with Crippen molar-refractivity contribution >= 4 is 27.5 Å². The van der Waals surface area contributed by atoms with Crippen LogP contribution < -0.4 is 15.0 Å². The van der Waals surface area contributed by atoms with Gasteiger partial charge in [0, 0.05) is 54.3 Å². The Morgan fingerprint density at radius 2 is 2.00 bits per heavy atom. The van der Waals surface area contributed by atoms with E-state index in [9.17, 15) is 4.39 Å². The number of alkyl halides is 1. The van der Waals surface area contributed by atoms with E-state index in [1.165, 1.54) is 0 Å². The van der Waals surface area contributed by atoms with Crippen molar-refractivity contribution in [2.24, 2.45) is 0 Å². The number of benzene rings is 2. The third-order valence-corrected chi connectivity index (χ3v) is 10.1. The second-order valence-electron chi connectivity index (χ2n) is 12.5. The lowest BCUT2D eigenvalue weighted by Crippen LogP contribution is -2.49. The minimum atomic E-state index is -0.864. The largest absolute Gasteiger partial charge is 0.461 e. The number of hydrogen-bond acceptors (Lipinski definition) is 7. The lowest BCUT2D eigenvalue weighted by Gasteiger charge is -2.38. The fourth-order valence-corrected chi connectivity index (χ4v) is 8.13. The minimum absolute atomic E-state index is 0.123. The minimum Gasteiger partial charge on any atom is -0.461 e. The summed E-state index contributed by atoms with van der Waals surface area (Å²) in [5.41, 5.74) is 1.29. The Bertz CT molecular complexity index is 1770. The predicted molar refractivity (Wildman–Crippen MR) is 163 cm³/mol. The molecule has 7 nitrogen and oxygen atoms in total. The average molecular weight is 581 g/mol. The number of terminal acetylenes is 1. The number of hydrogen-bond donors (Lipinski definition) is 1. The first kappa shape index (κ1) is 26.7. The van der Waals surface area contributed by atoms with Crippen LogP contribution in [-0.4, -0.2) is 76.4 Å². The highest BCUT2D eigenvalue weighted by atomic mass is 19.1. The summed E-state index contributed by atoms with van der Waals surface area (Å²) in [5.74, 6) is 2.86. The second kappa shape index (κ2) is 10.4. The molecule has 2 aromatic heterocycles. The van der Waals surface area contributed by atoms with Crippen molar-refractivity contribution in [1.82, 2.24) is 25.2 Å². The maximum atomic E-state index is 16.8. The van der Waals surface area contributed by atoms with E-state index in [1.807, 2.05) is 36.4 Å². The van der Waals surface area contributed by atoms with Crippen LogP contribution in [-0.2, 0) is 0 Å². The van der Waals surface area contributed by atoms with Gasteiger partial charge in [-0.2, -0.15) is 9.97 Å². The first-order valence-corrected chi connectivity index (χ1v) is 15.4. The van der Waals surface area contributed by atoms with E-state index in [1.54, 1.807) is 6.20 Å². The zero-order valence-electron chi connectivity index (χ0n) is 24.0. The van der Waals surface area contributed by atoms with Crippen LogP contribution in [0.3, 0.4) is 0 Å². The highest BCUT2D eigenvalue weighted by Crippen LogP contribution is 2.41. The maximum Gasteiger partial charge on any atom is 0.319 e. The molecule has 43 heavy (non-hydrogen) atoms. The Kier molecular flexibility index (Phi) is 6.46. The maximum absolute atomic E-state index is 16.8. The van der Waals surface area contributed by atoms with Gasteiger partial charge in [-0.05, 0) is 56.6 Å². The third kappa shape index (κ3) is 4.34. The van der Waals surface area contributed by atoms with Crippen LogP contribution in [0.25, 0.3) is 32.9 Å². The molecule has 1 N–H and O–H groups in total. The molecule has 0 spiro atoms. The molecule has 0 saturated carbocycles. The fraction of sp³-hybridized carbons (Fsp3) is 0.441. The van der Waals surface area contributed by atoms with E-state index in [-0.39, 0.29) is 35.4 Å². The quantitative estimate of drug-likeness (QED) is 0.324. The fourth-order valence-electron chi connectivity index (χ4n) is 8.13. The van der Waals surface area contributed by atoms with Gasteiger partial charge in [0.2, 0.25) is 0 Å². The van der Waals surface area contributed by atoms with Gasteiger partial charge in [-0.3, -0.25) is 9.88 Å². The lowest BCUT2D eigenvalue weighted by atomic mass is 9.95. The topological polar surface area (TPSA) is 66.4 Å². The van der Waals surface area contributed by atoms with Crippen molar-refractivity contribution in [2.45, 2.75) is 62.3 Å². The molecule has 6 heterocycles. The SMILES string of the molecule is C#Cc1cccc2cccc(-c3ncc4c(N5CCCC6NCCC65)nc(OC[C@@]56CCCN5CC(F)C6)nc4c3F)c12. The van der Waals surface area contributed by atoms with Crippen molar-refractivity contribution in [3.63, 3.8) is 0 Å². The zero-order valence-corrected chi connectivity index (χ0v) is 24.0. The Balaban J connectivity index is 1.27. The van der Waals surface area contributed by atoms with E-state index in [2.05, 4.69) is 31.0 Å². The molecule has 0 radical (unpaired) electrons. The Morgan fingerprint density at radius 1 is 1.12 bits per heavy atom. The molecule has 4 atom stereocenters. The van der Waals surface area contributed by atoms with Crippen LogP contribution in [0.15, 0.2) is 42.6 Å². The van der Waals surface area contributed by atoms with E-state index < -0.39 is 12.0 Å². The van der Waals surface area contributed by atoms with Crippen molar-refractivity contribution in [3.8, 4) is 29.6 Å². The summed E-state index contributed by atoms with van der Waals surface area (Å²) in [6.07, 6.45) is 12.1. The Hall–Kier alpha value is -3.87. The van der Waals surface area contributed by atoms with Crippen LogP contribution >= 0.6 is 0 Å². The van der Waals surface area contributed by atoms with Crippen LogP contribution in [0.5, 0.6) is 6.01 Å². The van der Waals surface area contributed by atoms with Crippen molar-refractivity contribution in [2.75, 3.05) is 37.7 Å². The summed E-state index contributed by atoms with van der Waals surface area (Å²) < 4.78 is 37.6. The Labute approximate surface area is 249 Å². The first-order chi connectivity index (χ1) is 21.0. The van der Waals surface area contributed by atoms with E-state index in [4.69, 9.17) is 16.1 Å². The highest BCUT2D eigenvalue weighted by Gasteiger charge is 2.49. The molecule has 4 saturated heterocycles. The summed E-state index contributed by atoms with van der Waals surface area (Å²) in [6, 6.07) is 12.2. The Morgan fingerprint density at radius 3 is 2.88 bits per heavy atom. The van der Waals surface area contributed by atoms with Gasteiger partial charge < -0.3 is 15.0 Å². The van der Waals surface area contributed by atoms with Crippen LogP contribution in [0.4, 0.5) is 14.6 Å². The smallest absolute Gasteiger partial charge is 0.319 e. The molecule has 8 rings (SSSR count). The number of aromatic nitrogens is 3. The summed E-state index contributed by atoms with van der Waals surface area (Å²) in [6.45, 7) is 3.34. The molecule has 9 heteroatoms. The summed E-state index contributed by atoms with van der Waals surface area (Å²) in [7, 11) is 0. The van der Waals surface area contributed by atoms with Gasteiger partial charge in [0.15, 0.2) is 5.82 Å². The lowest BCUT2D eigenvalue weighted by molar-refractivity contribution is 0.107.